The third kappa shape index (κ3) is 3.57. The van der Waals surface area contributed by atoms with E-state index in [-0.39, 0.29) is 17.5 Å². The molecule has 0 aliphatic carbocycles. The second kappa shape index (κ2) is 6.62. The number of para-hydroxylation sites is 2. The van der Waals surface area contributed by atoms with Crippen molar-refractivity contribution in [3.8, 4) is 5.69 Å². The second-order valence-electron chi connectivity index (χ2n) is 5.53. The van der Waals surface area contributed by atoms with Crippen molar-refractivity contribution in [3.05, 3.63) is 42.7 Å². The van der Waals surface area contributed by atoms with Crippen LogP contribution < -0.4 is 5.32 Å². The van der Waals surface area contributed by atoms with Gasteiger partial charge in [-0.3, -0.25) is 5.01 Å². The minimum absolute atomic E-state index is 0.0640. The van der Waals surface area contributed by atoms with Gasteiger partial charge in [0.1, 0.15) is 0 Å². The zero-order valence-electron chi connectivity index (χ0n) is 13.3. The van der Waals surface area contributed by atoms with Crippen LogP contribution in [0.5, 0.6) is 0 Å². The molecule has 1 N–H and O–H groups in total. The molecule has 1 aliphatic rings. The van der Waals surface area contributed by atoms with Gasteiger partial charge in [-0.05, 0) is 18.2 Å². The number of nitrogens with zero attached hydrogens (tertiary/aromatic N) is 4. The molecule has 0 spiro atoms. The summed E-state index contributed by atoms with van der Waals surface area (Å²) in [6, 6.07) is 8.83. The lowest BCUT2D eigenvalue weighted by atomic mass is 10.2. The lowest BCUT2D eigenvalue weighted by Gasteiger charge is -2.34. The first kappa shape index (κ1) is 16.5. The molecule has 0 saturated carbocycles. The number of benzene rings is 1. The molecular weight excluding hydrogens is 330 g/mol. The van der Waals surface area contributed by atoms with Crippen molar-refractivity contribution < 1.29 is 13.2 Å². The molecule has 1 saturated heterocycles. The SMILES string of the molecule is CN(C(=O)Nc1ccccc1-n1cccn1)N1CCS(=O)(=O)CC1. The van der Waals surface area contributed by atoms with E-state index in [4.69, 9.17) is 0 Å². The van der Waals surface area contributed by atoms with Gasteiger partial charge >= 0.3 is 6.03 Å². The number of hydrazine groups is 1. The number of hydrogen-bond donors (Lipinski definition) is 1. The molecule has 2 aromatic rings. The van der Waals surface area contributed by atoms with Gasteiger partial charge in [-0.1, -0.05) is 12.1 Å². The van der Waals surface area contributed by atoms with E-state index in [0.717, 1.165) is 5.69 Å². The number of rotatable bonds is 3. The van der Waals surface area contributed by atoms with E-state index < -0.39 is 9.84 Å². The van der Waals surface area contributed by atoms with Gasteiger partial charge in [0.25, 0.3) is 0 Å². The summed E-state index contributed by atoms with van der Waals surface area (Å²) >= 11 is 0. The van der Waals surface area contributed by atoms with Crippen LogP contribution in [0.4, 0.5) is 10.5 Å². The summed E-state index contributed by atoms with van der Waals surface area (Å²) in [4.78, 5) is 12.5. The molecule has 1 aromatic carbocycles. The van der Waals surface area contributed by atoms with Crippen LogP contribution in [-0.4, -0.2) is 65.9 Å². The molecule has 8 nitrogen and oxygen atoms in total. The number of carbonyl (C=O) groups is 1. The van der Waals surface area contributed by atoms with Crippen LogP contribution in [0.1, 0.15) is 0 Å². The zero-order valence-corrected chi connectivity index (χ0v) is 14.1. The standard InChI is InChI=1S/C15H19N5O3S/c1-18(19-9-11-24(22,23)12-10-19)15(21)17-13-5-2-3-6-14(13)20-8-4-7-16-20/h2-8H,9-12H2,1H3,(H,17,21). The highest BCUT2D eigenvalue weighted by Gasteiger charge is 2.26. The van der Waals surface area contributed by atoms with Crippen LogP contribution in [0.3, 0.4) is 0 Å². The van der Waals surface area contributed by atoms with E-state index in [1.165, 1.54) is 5.01 Å². The molecule has 24 heavy (non-hydrogen) atoms. The maximum absolute atomic E-state index is 12.5. The van der Waals surface area contributed by atoms with Crippen molar-refractivity contribution >= 4 is 21.6 Å². The summed E-state index contributed by atoms with van der Waals surface area (Å²) in [6.45, 7) is 0.625. The molecule has 0 atom stereocenters. The Kier molecular flexibility index (Phi) is 4.54. The summed E-state index contributed by atoms with van der Waals surface area (Å²) < 4.78 is 24.7. The summed E-state index contributed by atoms with van der Waals surface area (Å²) in [5, 5.41) is 10.2. The fourth-order valence-corrected chi connectivity index (χ4v) is 3.70. The van der Waals surface area contributed by atoms with Crippen LogP contribution in [0.15, 0.2) is 42.7 Å². The third-order valence-electron chi connectivity index (χ3n) is 3.94. The van der Waals surface area contributed by atoms with Crippen molar-refractivity contribution in [2.45, 2.75) is 0 Å². The Morgan fingerprint density at radius 2 is 1.92 bits per heavy atom. The molecule has 128 valence electrons. The van der Waals surface area contributed by atoms with E-state index in [0.29, 0.717) is 18.8 Å². The average Bonchev–Trinajstić information content (AvgIpc) is 3.09. The number of carbonyl (C=O) groups excluding carboxylic acids is 1. The van der Waals surface area contributed by atoms with Crippen LogP contribution in [0.2, 0.25) is 0 Å². The first-order chi connectivity index (χ1) is 11.5. The summed E-state index contributed by atoms with van der Waals surface area (Å²) in [7, 11) is -1.35. The maximum Gasteiger partial charge on any atom is 0.336 e. The second-order valence-corrected chi connectivity index (χ2v) is 7.83. The molecule has 2 amide bonds. The van der Waals surface area contributed by atoms with E-state index in [2.05, 4.69) is 10.4 Å². The van der Waals surface area contributed by atoms with Crippen molar-refractivity contribution in [1.29, 1.82) is 0 Å². The Morgan fingerprint density at radius 1 is 1.21 bits per heavy atom. The number of amides is 2. The Hall–Kier alpha value is -2.39. The van der Waals surface area contributed by atoms with Crippen LogP contribution >= 0.6 is 0 Å². The van der Waals surface area contributed by atoms with Crippen molar-refractivity contribution in [1.82, 2.24) is 19.8 Å². The molecule has 1 fully saturated rings. The van der Waals surface area contributed by atoms with Gasteiger partial charge in [0.2, 0.25) is 0 Å². The van der Waals surface area contributed by atoms with Gasteiger partial charge in [0, 0.05) is 32.5 Å². The number of anilines is 1. The topological polar surface area (TPSA) is 87.5 Å². The van der Waals surface area contributed by atoms with E-state index in [1.807, 2.05) is 18.2 Å². The molecule has 9 heteroatoms. The first-order valence-corrected chi connectivity index (χ1v) is 9.37. The summed E-state index contributed by atoms with van der Waals surface area (Å²) in [5.74, 6) is 0.128. The molecule has 0 bridgehead atoms. The van der Waals surface area contributed by atoms with E-state index in [1.54, 1.807) is 41.3 Å². The molecule has 3 rings (SSSR count). The van der Waals surface area contributed by atoms with Gasteiger partial charge in [0.05, 0.1) is 22.9 Å². The molecule has 2 heterocycles. The van der Waals surface area contributed by atoms with E-state index >= 15 is 0 Å². The van der Waals surface area contributed by atoms with Gasteiger partial charge in [0.15, 0.2) is 9.84 Å². The van der Waals surface area contributed by atoms with Crippen LogP contribution in [0, 0.1) is 0 Å². The maximum atomic E-state index is 12.5. The number of aromatic nitrogens is 2. The molecule has 0 unspecified atom stereocenters. The Balaban J connectivity index is 1.71. The summed E-state index contributed by atoms with van der Waals surface area (Å²) in [6.07, 6.45) is 3.46. The van der Waals surface area contributed by atoms with E-state index in [9.17, 15) is 13.2 Å². The van der Waals surface area contributed by atoms with Crippen molar-refractivity contribution in [2.24, 2.45) is 0 Å². The average molecular weight is 349 g/mol. The Bertz CT molecular complexity index is 805. The largest absolute Gasteiger partial charge is 0.336 e. The predicted molar refractivity (Wildman–Crippen MR) is 90.6 cm³/mol. The normalized spacial score (nSPS) is 17.4. The van der Waals surface area contributed by atoms with Gasteiger partial charge in [-0.2, -0.15) is 5.10 Å². The minimum Gasteiger partial charge on any atom is -0.305 e. The Labute approximate surface area is 140 Å². The molecule has 1 aliphatic heterocycles. The highest BCUT2D eigenvalue weighted by atomic mass is 32.2. The monoisotopic (exact) mass is 349 g/mol. The quantitative estimate of drug-likeness (QED) is 0.892. The fourth-order valence-electron chi connectivity index (χ4n) is 2.52. The fraction of sp³-hybridized carbons (Fsp3) is 0.333. The number of hydrogen-bond acceptors (Lipinski definition) is 5. The Morgan fingerprint density at radius 3 is 2.58 bits per heavy atom. The highest BCUT2D eigenvalue weighted by Crippen LogP contribution is 2.19. The highest BCUT2D eigenvalue weighted by molar-refractivity contribution is 7.91. The molecule has 1 aromatic heterocycles. The van der Waals surface area contributed by atoms with Gasteiger partial charge in [-0.15, -0.1) is 0 Å². The summed E-state index contributed by atoms with van der Waals surface area (Å²) in [5.41, 5.74) is 1.38. The third-order valence-corrected chi connectivity index (χ3v) is 5.55. The lowest BCUT2D eigenvalue weighted by molar-refractivity contribution is 0.0512. The van der Waals surface area contributed by atoms with Gasteiger partial charge < -0.3 is 5.32 Å². The molecule has 0 radical (unpaired) electrons. The zero-order chi connectivity index (χ0) is 17.2. The number of urea groups is 1. The van der Waals surface area contributed by atoms with Crippen molar-refractivity contribution in [2.75, 3.05) is 37.0 Å². The number of nitrogens with one attached hydrogen (secondary N) is 1. The van der Waals surface area contributed by atoms with Crippen LogP contribution in [-0.2, 0) is 9.84 Å². The lowest BCUT2D eigenvalue weighted by Crippen LogP contribution is -2.52. The smallest absolute Gasteiger partial charge is 0.305 e. The van der Waals surface area contributed by atoms with Crippen LogP contribution in [0.25, 0.3) is 5.69 Å². The van der Waals surface area contributed by atoms with Gasteiger partial charge in [-0.25, -0.2) is 22.9 Å². The first-order valence-electron chi connectivity index (χ1n) is 7.55. The van der Waals surface area contributed by atoms with Crippen molar-refractivity contribution in [3.63, 3.8) is 0 Å². The number of sulfone groups is 1. The minimum atomic E-state index is -2.98. The molecular formula is C15H19N5O3S. The predicted octanol–water partition coefficient (Wildman–Crippen LogP) is 0.981.